The van der Waals surface area contributed by atoms with Crippen molar-refractivity contribution in [2.45, 2.75) is 13.0 Å². The molecule has 0 bridgehead atoms. The third kappa shape index (κ3) is 1.97. The van der Waals surface area contributed by atoms with Crippen molar-refractivity contribution in [3.05, 3.63) is 47.8 Å². The number of nitrogens with two attached hydrogens (primary N) is 1. The largest absolute Gasteiger partial charge is 0.345 e. The highest BCUT2D eigenvalue weighted by Crippen LogP contribution is 2.04. The van der Waals surface area contributed by atoms with E-state index in [1.165, 1.54) is 5.56 Å². The Balaban J connectivity index is 2.11. The first kappa shape index (κ1) is 8.90. The molecule has 4 heteroatoms. The summed E-state index contributed by atoms with van der Waals surface area (Å²) in [5, 5.41) is 0. The molecule has 2 rings (SSSR count). The molecule has 0 aromatic carbocycles. The van der Waals surface area contributed by atoms with E-state index in [-0.39, 0.29) is 0 Å². The second-order valence-corrected chi connectivity index (χ2v) is 3.09. The van der Waals surface area contributed by atoms with Gasteiger partial charge in [-0.1, -0.05) is 0 Å². The first-order valence-electron chi connectivity index (χ1n) is 4.50. The number of pyridine rings is 1. The lowest BCUT2D eigenvalue weighted by molar-refractivity contribution is 0.966. The maximum absolute atomic E-state index is 5.48. The monoisotopic (exact) mass is 188 g/mol. The molecule has 14 heavy (non-hydrogen) atoms. The van der Waals surface area contributed by atoms with Crippen LogP contribution >= 0.6 is 0 Å². The molecule has 2 heterocycles. The summed E-state index contributed by atoms with van der Waals surface area (Å²) < 4.78 is 0. The average Bonchev–Trinajstić information content (AvgIpc) is 2.67. The minimum absolute atomic E-state index is 0.503. The summed E-state index contributed by atoms with van der Waals surface area (Å²) in [5.41, 5.74) is 7.63. The highest BCUT2D eigenvalue weighted by molar-refractivity contribution is 5.16. The van der Waals surface area contributed by atoms with Gasteiger partial charge in [-0.25, -0.2) is 4.98 Å². The van der Waals surface area contributed by atoms with Crippen LogP contribution < -0.4 is 5.73 Å². The van der Waals surface area contributed by atoms with Crippen molar-refractivity contribution in [3.8, 4) is 0 Å². The third-order valence-corrected chi connectivity index (χ3v) is 2.02. The fourth-order valence-corrected chi connectivity index (χ4v) is 1.29. The van der Waals surface area contributed by atoms with Gasteiger partial charge >= 0.3 is 0 Å². The molecule has 0 saturated carbocycles. The number of aromatic nitrogens is 3. The zero-order valence-electron chi connectivity index (χ0n) is 7.77. The topological polar surface area (TPSA) is 67.6 Å². The second-order valence-electron chi connectivity index (χ2n) is 3.09. The normalized spacial score (nSPS) is 10.4. The Labute approximate surface area is 82.2 Å². The van der Waals surface area contributed by atoms with Gasteiger partial charge in [0.05, 0.1) is 0 Å². The Hall–Kier alpha value is -1.68. The molecule has 0 saturated heterocycles. The van der Waals surface area contributed by atoms with Crippen molar-refractivity contribution in [2.24, 2.45) is 5.73 Å². The SMILES string of the molecule is NCc1cnc(Cc2ccncc2)[nH]1. The van der Waals surface area contributed by atoms with Crippen molar-refractivity contribution >= 4 is 0 Å². The van der Waals surface area contributed by atoms with Gasteiger partial charge < -0.3 is 10.7 Å². The lowest BCUT2D eigenvalue weighted by Gasteiger charge is -1.96. The lowest BCUT2D eigenvalue weighted by Crippen LogP contribution is -1.97. The second kappa shape index (κ2) is 4.02. The molecule has 0 fully saturated rings. The minimum Gasteiger partial charge on any atom is -0.345 e. The summed E-state index contributed by atoms with van der Waals surface area (Å²) in [5.74, 6) is 0.941. The van der Waals surface area contributed by atoms with Crippen molar-refractivity contribution in [1.29, 1.82) is 0 Å². The minimum atomic E-state index is 0.503. The fraction of sp³-hybridized carbons (Fsp3) is 0.200. The summed E-state index contributed by atoms with van der Waals surface area (Å²) in [6.45, 7) is 0.503. The van der Waals surface area contributed by atoms with Crippen LogP contribution in [0.15, 0.2) is 30.7 Å². The van der Waals surface area contributed by atoms with E-state index < -0.39 is 0 Å². The Morgan fingerprint density at radius 3 is 2.71 bits per heavy atom. The molecule has 0 spiro atoms. The smallest absolute Gasteiger partial charge is 0.110 e. The van der Waals surface area contributed by atoms with Crippen LogP contribution in [0.4, 0.5) is 0 Å². The molecule has 0 atom stereocenters. The van der Waals surface area contributed by atoms with Crippen LogP contribution in [-0.4, -0.2) is 15.0 Å². The number of rotatable bonds is 3. The number of hydrogen-bond donors (Lipinski definition) is 2. The summed E-state index contributed by atoms with van der Waals surface area (Å²) >= 11 is 0. The van der Waals surface area contributed by atoms with Gasteiger partial charge in [-0.2, -0.15) is 0 Å². The maximum Gasteiger partial charge on any atom is 0.110 e. The predicted octanol–water partition coefficient (Wildman–Crippen LogP) is 0.854. The number of nitrogens with one attached hydrogen (secondary N) is 1. The first-order chi connectivity index (χ1) is 6.88. The Bertz CT molecular complexity index is 394. The van der Waals surface area contributed by atoms with Gasteiger partial charge in [-0.15, -0.1) is 0 Å². The fourth-order valence-electron chi connectivity index (χ4n) is 1.29. The molecule has 0 radical (unpaired) electrons. The molecule has 2 aromatic rings. The van der Waals surface area contributed by atoms with Gasteiger partial charge in [-0.05, 0) is 17.7 Å². The van der Waals surface area contributed by atoms with Crippen LogP contribution in [-0.2, 0) is 13.0 Å². The summed E-state index contributed by atoms with van der Waals surface area (Å²) in [6.07, 6.45) is 6.13. The van der Waals surface area contributed by atoms with Crippen molar-refractivity contribution in [2.75, 3.05) is 0 Å². The molecule has 2 aromatic heterocycles. The standard InChI is InChI=1S/C10H12N4/c11-6-9-7-13-10(14-9)5-8-1-3-12-4-2-8/h1-4,7H,5-6,11H2,(H,13,14). The van der Waals surface area contributed by atoms with Gasteiger partial charge in [0, 0.05) is 37.3 Å². The third-order valence-electron chi connectivity index (χ3n) is 2.02. The van der Waals surface area contributed by atoms with E-state index in [2.05, 4.69) is 15.0 Å². The first-order valence-corrected chi connectivity index (χ1v) is 4.50. The Kier molecular flexibility index (Phi) is 2.55. The van der Waals surface area contributed by atoms with Crippen molar-refractivity contribution in [3.63, 3.8) is 0 Å². The summed E-state index contributed by atoms with van der Waals surface area (Å²) in [6, 6.07) is 3.95. The summed E-state index contributed by atoms with van der Waals surface area (Å²) in [4.78, 5) is 11.3. The zero-order valence-corrected chi connectivity index (χ0v) is 7.77. The van der Waals surface area contributed by atoms with E-state index in [4.69, 9.17) is 5.73 Å². The number of aromatic amines is 1. The van der Waals surface area contributed by atoms with Gasteiger partial charge in [0.15, 0.2) is 0 Å². The number of H-pyrrole nitrogens is 1. The summed E-state index contributed by atoms with van der Waals surface area (Å²) in [7, 11) is 0. The van der Waals surface area contributed by atoms with E-state index in [1.54, 1.807) is 18.6 Å². The predicted molar refractivity (Wildman–Crippen MR) is 53.5 cm³/mol. The van der Waals surface area contributed by atoms with Crippen LogP contribution in [0.3, 0.4) is 0 Å². The highest BCUT2D eigenvalue weighted by Gasteiger charge is 2.00. The van der Waals surface area contributed by atoms with E-state index in [9.17, 15) is 0 Å². The van der Waals surface area contributed by atoms with E-state index in [0.717, 1.165) is 17.9 Å². The molecule has 0 amide bonds. The molecule has 4 nitrogen and oxygen atoms in total. The molecule has 3 N–H and O–H groups in total. The lowest BCUT2D eigenvalue weighted by atomic mass is 10.2. The van der Waals surface area contributed by atoms with Gasteiger partial charge in [0.2, 0.25) is 0 Å². The average molecular weight is 188 g/mol. The van der Waals surface area contributed by atoms with Gasteiger partial charge in [0.25, 0.3) is 0 Å². The van der Waals surface area contributed by atoms with Crippen LogP contribution in [0.2, 0.25) is 0 Å². The molecule has 0 aliphatic heterocycles. The van der Waals surface area contributed by atoms with Crippen LogP contribution in [0.25, 0.3) is 0 Å². The molecular weight excluding hydrogens is 176 g/mol. The van der Waals surface area contributed by atoms with E-state index in [1.807, 2.05) is 12.1 Å². The van der Waals surface area contributed by atoms with Gasteiger partial charge in [-0.3, -0.25) is 4.98 Å². The molecule has 0 unspecified atom stereocenters. The molecular formula is C10H12N4. The molecule has 0 aliphatic rings. The van der Waals surface area contributed by atoms with Gasteiger partial charge in [0.1, 0.15) is 5.82 Å². The number of imidazole rings is 1. The van der Waals surface area contributed by atoms with Crippen molar-refractivity contribution < 1.29 is 0 Å². The molecule has 0 aliphatic carbocycles. The quantitative estimate of drug-likeness (QED) is 0.750. The van der Waals surface area contributed by atoms with E-state index >= 15 is 0 Å². The number of nitrogens with zero attached hydrogens (tertiary/aromatic N) is 2. The van der Waals surface area contributed by atoms with Crippen LogP contribution in [0.5, 0.6) is 0 Å². The van der Waals surface area contributed by atoms with Crippen molar-refractivity contribution in [1.82, 2.24) is 15.0 Å². The van der Waals surface area contributed by atoms with Crippen LogP contribution in [0.1, 0.15) is 17.1 Å². The molecule has 72 valence electrons. The highest BCUT2D eigenvalue weighted by atomic mass is 14.9. The number of hydrogen-bond acceptors (Lipinski definition) is 3. The van der Waals surface area contributed by atoms with E-state index in [0.29, 0.717) is 6.54 Å². The van der Waals surface area contributed by atoms with Crippen LogP contribution in [0, 0.1) is 0 Å². The maximum atomic E-state index is 5.48. The Morgan fingerprint density at radius 1 is 1.29 bits per heavy atom. The zero-order chi connectivity index (χ0) is 9.80. The Morgan fingerprint density at radius 2 is 2.07 bits per heavy atom.